The Hall–Kier alpha value is -2.29. The number of carbonyl (C=O) groups excluding carboxylic acids is 1. The van der Waals surface area contributed by atoms with Crippen LogP contribution < -0.4 is 4.74 Å². The second-order valence-corrected chi connectivity index (χ2v) is 6.52. The van der Waals surface area contributed by atoms with Gasteiger partial charge < -0.3 is 9.47 Å². The third-order valence-electron chi connectivity index (χ3n) is 4.26. The predicted octanol–water partition coefficient (Wildman–Crippen LogP) is 5.06. The highest BCUT2D eigenvalue weighted by Crippen LogP contribution is 2.25. The number of carbonyl (C=O) groups is 1. The highest BCUT2D eigenvalue weighted by atomic mass is 16.6. The topological polar surface area (TPSA) is 35.5 Å². The van der Waals surface area contributed by atoms with Crippen LogP contribution in [-0.2, 0) is 15.1 Å². The molecule has 1 unspecified atom stereocenters. The van der Waals surface area contributed by atoms with E-state index in [-0.39, 0.29) is 12.6 Å². The molecular formula is C21H26O3. The summed E-state index contributed by atoms with van der Waals surface area (Å²) >= 11 is 0. The molecule has 2 aromatic carbocycles. The Bertz CT molecular complexity index is 645. The van der Waals surface area contributed by atoms with E-state index in [0.29, 0.717) is 11.7 Å². The molecule has 0 saturated carbocycles. The quantitative estimate of drug-likeness (QED) is 0.667. The third-order valence-corrected chi connectivity index (χ3v) is 4.26. The van der Waals surface area contributed by atoms with Crippen LogP contribution in [0.3, 0.4) is 0 Å². The fourth-order valence-corrected chi connectivity index (χ4v) is 2.48. The summed E-state index contributed by atoms with van der Waals surface area (Å²) in [7, 11) is 0. The van der Waals surface area contributed by atoms with Crippen molar-refractivity contribution in [2.75, 3.05) is 6.61 Å². The molecule has 0 aliphatic rings. The first-order valence-corrected chi connectivity index (χ1v) is 8.42. The van der Waals surface area contributed by atoms with E-state index in [2.05, 4.69) is 13.8 Å². The van der Waals surface area contributed by atoms with Crippen molar-refractivity contribution in [1.82, 2.24) is 0 Å². The van der Waals surface area contributed by atoms with Gasteiger partial charge in [-0.15, -0.1) is 0 Å². The number of benzene rings is 2. The van der Waals surface area contributed by atoms with E-state index in [1.165, 1.54) is 5.56 Å². The van der Waals surface area contributed by atoms with Crippen molar-refractivity contribution in [1.29, 1.82) is 0 Å². The van der Waals surface area contributed by atoms with E-state index in [9.17, 15) is 4.79 Å². The standard InChI is InChI=1S/C21H26O3/c1-5-16(2)17-11-13-19(14-12-17)23-15-20(22)24-21(3,4)18-9-7-6-8-10-18/h6-14,16H,5,15H2,1-4H3. The maximum Gasteiger partial charge on any atom is 0.345 e. The van der Waals surface area contributed by atoms with Gasteiger partial charge in [0.05, 0.1) is 0 Å². The van der Waals surface area contributed by atoms with Gasteiger partial charge in [-0.3, -0.25) is 0 Å². The van der Waals surface area contributed by atoms with Crippen LogP contribution in [0.5, 0.6) is 5.75 Å². The maximum atomic E-state index is 12.1. The smallest absolute Gasteiger partial charge is 0.345 e. The molecule has 0 bridgehead atoms. The average Bonchev–Trinajstić information content (AvgIpc) is 2.60. The molecule has 0 fully saturated rings. The van der Waals surface area contributed by atoms with Crippen molar-refractivity contribution in [2.45, 2.75) is 45.6 Å². The second kappa shape index (κ2) is 8.00. The molecule has 3 heteroatoms. The van der Waals surface area contributed by atoms with Crippen molar-refractivity contribution in [3.8, 4) is 5.75 Å². The molecule has 1 atom stereocenters. The largest absolute Gasteiger partial charge is 0.482 e. The first-order chi connectivity index (χ1) is 11.4. The minimum Gasteiger partial charge on any atom is -0.482 e. The van der Waals surface area contributed by atoms with Gasteiger partial charge in [0.25, 0.3) is 0 Å². The molecule has 0 aromatic heterocycles. The van der Waals surface area contributed by atoms with Gasteiger partial charge in [0, 0.05) is 0 Å². The Labute approximate surface area is 144 Å². The summed E-state index contributed by atoms with van der Waals surface area (Å²) in [5.41, 5.74) is 1.55. The van der Waals surface area contributed by atoms with Crippen LogP contribution in [0.4, 0.5) is 0 Å². The summed E-state index contributed by atoms with van der Waals surface area (Å²) in [5.74, 6) is 0.821. The normalized spacial score (nSPS) is 12.5. The number of ether oxygens (including phenoxy) is 2. The number of hydrogen-bond donors (Lipinski definition) is 0. The van der Waals surface area contributed by atoms with E-state index >= 15 is 0 Å². The number of rotatable bonds is 7. The fraction of sp³-hybridized carbons (Fsp3) is 0.381. The summed E-state index contributed by atoms with van der Waals surface area (Å²) < 4.78 is 11.1. The van der Waals surface area contributed by atoms with Crippen LogP contribution in [0.25, 0.3) is 0 Å². The molecule has 24 heavy (non-hydrogen) atoms. The van der Waals surface area contributed by atoms with Gasteiger partial charge in [0.15, 0.2) is 6.61 Å². The maximum absolute atomic E-state index is 12.1. The van der Waals surface area contributed by atoms with Gasteiger partial charge >= 0.3 is 5.97 Å². The average molecular weight is 326 g/mol. The molecule has 0 radical (unpaired) electrons. The minimum absolute atomic E-state index is 0.0983. The van der Waals surface area contributed by atoms with Crippen molar-refractivity contribution >= 4 is 5.97 Å². The molecule has 0 aliphatic carbocycles. The minimum atomic E-state index is -0.678. The second-order valence-electron chi connectivity index (χ2n) is 6.52. The Kier molecular flexibility index (Phi) is 6.02. The van der Waals surface area contributed by atoms with Crippen LogP contribution in [0.2, 0.25) is 0 Å². The van der Waals surface area contributed by atoms with E-state index < -0.39 is 5.60 Å². The summed E-state index contributed by atoms with van der Waals surface area (Å²) in [5, 5.41) is 0. The molecule has 0 N–H and O–H groups in total. The summed E-state index contributed by atoms with van der Waals surface area (Å²) in [6, 6.07) is 17.6. The fourth-order valence-electron chi connectivity index (χ4n) is 2.48. The first kappa shape index (κ1) is 18.1. The zero-order valence-corrected chi connectivity index (χ0v) is 14.9. The monoisotopic (exact) mass is 326 g/mol. The zero-order valence-electron chi connectivity index (χ0n) is 14.9. The van der Waals surface area contributed by atoms with Crippen molar-refractivity contribution < 1.29 is 14.3 Å². The molecule has 0 spiro atoms. The lowest BCUT2D eigenvalue weighted by atomic mass is 9.98. The van der Waals surface area contributed by atoms with Crippen LogP contribution >= 0.6 is 0 Å². The van der Waals surface area contributed by atoms with Crippen LogP contribution in [-0.4, -0.2) is 12.6 Å². The van der Waals surface area contributed by atoms with Crippen LogP contribution in [0.1, 0.15) is 51.2 Å². The van der Waals surface area contributed by atoms with Crippen molar-refractivity contribution in [3.63, 3.8) is 0 Å². The molecular weight excluding hydrogens is 300 g/mol. The molecule has 0 saturated heterocycles. The van der Waals surface area contributed by atoms with Crippen molar-refractivity contribution in [2.24, 2.45) is 0 Å². The Morgan fingerprint density at radius 1 is 1.04 bits per heavy atom. The van der Waals surface area contributed by atoms with E-state index in [1.807, 2.05) is 68.4 Å². The van der Waals surface area contributed by atoms with Crippen LogP contribution in [0.15, 0.2) is 54.6 Å². The zero-order chi connectivity index (χ0) is 17.6. The molecule has 0 heterocycles. The predicted molar refractivity (Wildman–Crippen MR) is 96.2 cm³/mol. The molecule has 128 valence electrons. The number of hydrogen-bond acceptors (Lipinski definition) is 3. The van der Waals surface area contributed by atoms with Gasteiger partial charge in [0.2, 0.25) is 0 Å². The van der Waals surface area contributed by atoms with Crippen LogP contribution in [0, 0.1) is 0 Å². The van der Waals surface area contributed by atoms with Gasteiger partial charge in [-0.25, -0.2) is 4.79 Å². The van der Waals surface area contributed by atoms with Gasteiger partial charge in [-0.05, 0) is 49.4 Å². The lowest BCUT2D eigenvalue weighted by molar-refractivity contribution is -0.159. The summed E-state index contributed by atoms with van der Waals surface area (Å²) in [4.78, 5) is 12.1. The van der Waals surface area contributed by atoms with Gasteiger partial charge in [-0.1, -0.05) is 56.3 Å². The molecule has 2 aromatic rings. The van der Waals surface area contributed by atoms with Gasteiger partial charge in [0.1, 0.15) is 11.4 Å². The molecule has 2 rings (SSSR count). The molecule has 0 amide bonds. The lowest BCUT2D eigenvalue weighted by Gasteiger charge is -2.25. The van der Waals surface area contributed by atoms with E-state index in [4.69, 9.17) is 9.47 Å². The Morgan fingerprint density at radius 3 is 2.25 bits per heavy atom. The SMILES string of the molecule is CCC(C)c1ccc(OCC(=O)OC(C)(C)c2ccccc2)cc1. The van der Waals surface area contributed by atoms with E-state index in [0.717, 1.165) is 12.0 Å². The summed E-state index contributed by atoms with van der Waals surface area (Å²) in [6.07, 6.45) is 1.10. The summed E-state index contributed by atoms with van der Waals surface area (Å²) in [6.45, 7) is 8.01. The molecule has 3 nitrogen and oxygen atoms in total. The Morgan fingerprint density at radius 2 is 1.67 bits per heavy atom. The first-order valence-electron chi connectivity index (χ1n) is 8.42. The Balaban J connectivity index is 1.89. The third kappa shape index (κ3) is 4.85. The highest BCUT2D eigenvalue weighted by molar-refractivity contribution is 5.71. The highest BCUT2D eigenvalue weighted by Gasteiger charge is 2.25. The lowest BCUT2D eigenvalue weighted by Crippen LogP contribution is -2.28. The van der Waals surface area contributed by atoms with E-state index in [1.54, 1.807) is 0 Å². The van der Waals surface area contributed by atoms with Gasteiger partial charge in [-0.2, -0.15) is 0 Å². The number of esters is 1. The molecule has 0 aliphatic heterocycles. The van der Waals surface area contributed by atoms with Crippen molar-refractivity contribution in [3.05, 3.63) is 65.7 Å².